The molecule has 0 saturated carbocycles. The average Bonchev–Trinajstić information content (AvgIpc) is 2.98. The lowest BCUT2D eigenvalue weighted by molar-refractivity contribution is -0.131. The standard InChI is InChI=1S/C19H22BrN3O2S/c1-13-11-16(14(2)26-13)17(24)4-6-19(25)23-9-7-22(8-10-23)18-5-3-15(20)12-21-18/h3,5,11-12H,4,6-10H2,1-2H3. The average molecular weight is 436 g/mol. The molecule has 3 heterocycles. The topological polar surface area (TPSA) is 53.5 Å². The van der Waals surface area contributed by atoms with Crippen molar-refractivity contribution in [2.45, 2.75) is 26.7 Å². The van der Waals surface area contributed by atoms with Crippen molar-refractivity contribution < 1.29 is 9.59 Å². The summed E-state index contributed by atoms with van der Waals surface area (Å²) in [5, 5.41) is 0. The zero-order valence-corrected chi connectivity index (χ0v) is 17.4. The third-order valence-electron chi connectivity index (χ3n) is 4.58. The Labute approximate surface area is 166 Å². The maximum absolute atomic E-state index is 12.4. The summed E-state index contributed by atoms with van der Waals surface area (Å²) in [6.45, 7) is 6.82. The summed E-state index contributed by atoms with van der Waals surface area (Å²) in [7, 11) is 0. The largest absolute Gasteiger partial charge is 0.353 e. The summed E-state index contributed by atoms with van der Waals surface area (Å²) in [6.07, 6.45) is 2.35. The second-order valence-electron chi connectivity index (χ2n) is 6.45. The van der Waals surface area contributed by atoms with Crippen molar-refractivity contribution in [3.8, 4) is 0 Å². The van der Waals surface area contributed by atoms with Crippen LogP contribution in [0.25, 0.3) is 0 Å². The van der Waals surface area contributed by atoms with E-state index in [4.69, 9.17) is 0 Å². The minimum Gasteiger partial charge on any atom is -0.353 e. The van der Waals surface area contributed by atoms with Gasteiger partial charge in [-0.2, -0.15) is 0 Å². The van der Waals surface area contributed by atoms with Gasteiger partial charge in [0, 0.05) is 65.0 Å². The van der Waals surface area contributed by atoms with Crippen molar-refractivity contribution in [2.24, 2.45) is 0 Å². The summed E-state index contributed by atoms with van der Waals surface area (Å²) in [6, 6.07) is 5.88. The van der Waals surface area contributed by atoms with Crippen molar-refractivity contribution in [1.82, 2.24) is 9.88 Å². The third kappa shape index (κ3) is 4.51. The Bertz CT molecular complexity index is 796. The molecule has 1 aliphatic heterocycles. The number of hydrogen-bond donors (Lipinski definition) is 0. The minimum atomic E-state index is 0.0615. The Morgan fingerprint density at radius 2 is 1.88 bits per heavy atom. The molecule has 0 atom stereocenters. The zero-order valence-electron chi connectivity index (χ0n) is 15.0. The molecule has 0 aromatic carbocycles. The van der Waals surface area contributed by atoms with E-state index in [9.17, 15) is 9.59 Å². The van der Waals surface area contributed by atoms with Crippen LogP contribution in [0.5, 0.6) is 0 Å². The molecule has 5 nitrogen and oxygen atoms in total. The van der Waals surface area contributed by atoms with E-state index < -0.39 is 0 Å². The van der Waals surface area contributed by atoms with Gasteiger partial charge in [0.25, 0.3) is 0 Å². The molecule has 0 aliphatic carbocycles. The Kier molecular flexibility index (Phi) is 6.09. The van der Waals surface area contributed by atoms with E-state index in [2.05, 4.69) is 25.8 Å². The highest BCUT2D eigenvalue weighted by atomic mass is 79.9. The van der Waals surface area contributed by atoms with Crippen molar-refractivity contribution in [1.29, 1.82) is 0 Å². The second-order valence-corrected chi connectivity index (χ2v) is 8.83. The van der Waals surface area contributed by atoms with E-state index in [-0.39, 0.29) is 24.5 Å². The number of amides is 1. The van der Waals surface area contributed by atoms with Crippen LogP contribution < -0.4 is 4.90 Å². The van der Waals surface area contributed by atoms with Crippen LogP contribution in [0.4, 0.5) is 5.82 Å². The lowest BCUT2D eigenvalue weighted by Gasteiger charge is -2.35. The molecule has 0 bridgehead atoms. The van der Waals surface area contributed by atoms with Crippen LogP contribution in [-0.4, -0.2) is 47.8 Å². The number of hydrogen-bond acceptors (Lipinski definition) is 5. The van der Waals surface area contributed by atoms with Gasteiger partial charge in [0.15, 0.2) is 5.78 Å². The Morgan fingerprint density at radius 1 is 1.15 bits per heavy atom. The van der Waals surface area contributed by atoms with Crippen LogP contribution >= 0.6 is 27.3 Å². The summed E-state index contributed by atoms with van der Waals surface area (Å²) >= 11 is 5.02. The molecule has 2 aromatic rings. The van der Waals surface area contributed by atoms with Gasteiger partial charge in [-0.05, 0) is 48.0 Å². The third-order valence-corrected chi connectivity index (χ3v) is 6.01. The van der Waals surface area contributed by atoms with Gasteiger partial charge in [0.2, 0.25) is 5.91 Å². The first kappa shape index (κ1) is 19.0. The van der Waals surface area contributed by atoms with Crippen LogP contribution in [0.15, 0.2) is 28.9 Å². The predicted octanol–water partition coefficient (Wildman–Crippen LogP) is 3.83. The molecule has 1 amide bonds. The monoisotopic (exact) mass is 435 g/mol. The second kappa shape index (κ2) is 8.31. The van der Waals surface area contributed by atoms with E-state index in [0.717, 1.165) is 38.7 Å². The van der Waals surface area contributed by atoms with Crippen molar-refractivity contribution >= 4 is 44.8 Å². The fourth-order valence-corrected chi connectivity index (χ4v) is 4.34. The first-order valence-corrected chi connectivity index (χ1v) is 10.3. The molecule has 1 fully saturated rings. The highest BCUT2D eigenvalue weighted by molar-refractivity contribution is 9.10. The number of carbonyl (C=O) groups excluding carboxylic acids is 2. The highest BCUT2D eigenvalue weighted by Gasteiger charge is 2.23. The van der Waals surface area contributed by atoms with E-state index >= 15 is 0 Å². The smallest absolute Gasteiger partial charge is 0.223 e. The fourth-order valence-electron chi connectivity index (χ4n) is 3.16. The van der Waals surface area contributed by atoms with E-state index in [1.54, 1.807) is 17.5 Å². The summed E-state index contributed by atoms with van der Waals surface area (Å²) in [4.78, 5) is 35.4. The molecule has 1 aliphatic rings. The van der Waals surface area contributed by atoms with E-state index in [0.29, 0.717) is 13.1 Å². The van der Waals surface area contributed by atoms with Gasteiger partial charge in [-0.15, -0.1) is 11.3 Å². The van der Waals surface area contributed by atoms with E-state index in [1.807, 2.05) is 36.9 Å². The number of halogens is 1. The maximum atomic E-state index is 12.4. The van der Waals surface area contributed by atoms with Crippen LogP contribution in [-0.2, 0) is 4.79 Å². The first-order valence-electron chi connectivity index (χ1n) is 8.68. The van der Waals surface area contributed by atoms with Crippen LogP contribution in [0.3, 0.4) is 0 Å². The Hall–Kier alpha value is -1.73. The Balaban J connectivity index is 1.48. The van der Waals surface area contributed by atoms with Crippen molar-refractivity contribution in [3.05, 3.63) is 44.2 Å². The summed E-state index contributed by atoms with van der Waals surface area (Å²) < 4.78 is 0.954. The number of pyridine rings is 1. The predicted molar refractivity (Wildman–Crippen MR) is 108 cm³/mol. The molecular formula is C19H22BrN3O2S. The number of anilines is 1. The maximum Gasteiger partial charge on any atom is 0.223 e. The molecule has 0 spiro atoms. The number of rotatable bonds is 5. The highest BCUT2D eigenvalue weighted by Crippen LogP contribution is 2.22. The number of nitrogens with zero attached hydrogens (tertiary/aromatic N) is 3. The minimum absolute atomic E-state index is 0.0615. The van der Waals surface area contributed by atoms with E-state index in [1.165, 1.54) is 0 Å². The van der Waals surface area contributed by atoms with Crippen LogP contribution in [0.2, 0.25) is 0 Å². The molecule has 3 rings (SSSR count). The van der Waals surface area contributed by atoms with Gasteiger partial charge in [-0.3, -0.25) is 9.59 Å². The normalized spacial score (nSPS) is 14.6. The Morgan fingerprint density at radius 3 is 2.46 bits per heavy atom. The number of ketones is 1. The molecule has 1 saturated heterocycles. The fraction of sp³-hybridized carbons (Fsp3) is 0.421. The number of aromatic nitrogens is 1. The summed E-state index contributed by atoms with van der Waals surface area (Å²) in [5.74, 6) is 1.06. The van der Waals surface area contributed by atoms with Crippen LogP contribution in [0, 0.1) is 13.8 Å². The van der Waals surface area contributed by atoms with Crippen LogP contribution in [0.1, 0.15) is 33.0 Å². The molecule has 0 radical (unpaired) electrons. The lowest BCUT2D eigenvalue weighted by atomic mass is 10.1. The molecule has 0 N–H and O–H groups in total. The number of aryl methyl sites for hydroxylation is 2. The SMILES string of the molecule is Cc1cc(C(=O)CCC(=O)N2CCN(c3ccc(Br)cn3)CC2)c(C)s1. The molecule has 2 aromatic heterocycles. The van der Waals surface area contributed by atoms with Crippen molar-refractivity contribution in [3.63, 3.8) is 0 Å². The van der Waals surface area contributed by atoms with Gasteiger partial charge in [0.05, 0.1) is 0 Å². The number of thiophene rings is 1. The zero-order chi connectivity index (χ0) is 18.7. The molecule has 26 heavy (non-hydrogen) atoms. The van der Waals surface area contributed by atoms with Crippen molar-refractivity contribution in [2.75, 3.05) is 31.1 Å². The van der Waals surface area contributed by atoms with Gasteiger partial charge in [-0.25, -0.2) is 4.98 Å². The molecule has 7 heteroatoms. The lowest BCUT2D eigenvalue weighted by Crippen LogP contribution is -2.49. The van der Waals surface area contributed by atoms with Gasteiger partial charge < -0.3 is 9.80 Å². The molecular weight excluding hydrogens is 414 g/mol. The van der Waals surface area contributed by atoms with Gasteiger partial charge in [0.1, 0.15) is 5.82 Å². The van der Waals surface area contributed by atoms with Gasteiger partial charge >= 0.3 is 0 Å². The number of piperazine rings is 1. The first-order chi connectivity index (χ1) is 12.4. The number of Topliss-reactive ketones (excluding diaryl/α,β-unsaturated/α-hetero) is 1. The molecule has 138 valence electrons. The molecule has 0 unspecified atom stereocenters. The quantitative estimate of drug-likeness (QED) is 0.669. The van der Waals surface area contributed by atoms with Gasteiger partial charge in [-0.1, -0.05) is 0 Å². The number of carbonyl (C=O) groups is 2. The summed E-state index contributed by atoms with van der Waals surface area (Å²) in [5.41, 5.74) is 0.770.